The Morgan fingerprint density at radius 1 is 0.667 bits per heavy atom. The number of nitrogens with zero attached hydrogens (tertiary/aromatic N) is 3. The fraction of sp³-hybridized carbons (Fsp3) is 0.105. The monoisotopic (exact) mass is 515 g/mol. The van der Waals surface area contributed by atoms with Gasteiger partial charge in [0.2, 0.25) is 0 Å². The van der Waals surface area contributed by atoms with Gasteiger partial charge in [-0.05, 0) is 24.3 Å². The van der Waals surface area contributed by atoms with Gasteiger partial charge in [-0.1, -0.05) is 78.8 Å². The molecule has 0 aliphatic carbocycles. The van der Waals surface area contributed by atoms with Gasteiger partial charge in [-0.15, -0.1) is 11.4 Å². The molecule has 2 aromatic carbocycles. The molecule has 0 N–H and O–H groups in total. The molecule has 0 saturated carbocycles. The van der Waals surface area contributed by atoms with Gasteiger partial charge in [0.25, 0.3) is 0 Å². The van der Waals surface area contributed by atoms with E-state index in [2.05, 4.69) is 15.6 Å². The van der Waals surface area contributed by atoms with E-state index in [9.17, 15) is 0 Å². The molecule has 8 heteroatoms. The van der Waals surface area contributed by atoms with Crippen molar-refractivity contribution >= 4 is 51.6 Å². The van der Waals surface area contributed by atoms with Crippen molar-refractivity contribution in [2.24, 2.45) is 0 Å². The second-order valence-electron chi connectivity index (χ2n) is 5.23. The van der Waals surface area contributed by atoms with E-state index < -0.39 is 20.8 Å². The number of aromatic nitrogens is 1. The van der Waals surface area contributed by atoms with Crippen molar-refractivity contribution in [2.75, 3.05) is 0 Å². The summed E-state index contributed by atoms with van der Waals surface area (Å²) in [6.45, 7) is 0.952. The van der Waals surface area contributed by atoms with E-state index in [4.69, 9.17) is 40.2 Å². The quantitative estimate of drug-likeness (QED) is 0.325. The minimum atomic E-state index is -0.826. The Morgan fingerprint density at radius 3 is 1.48 bits per heavy atom. The molecule has 3 rings (SSSR count). The summed E-state index contributed by atoms with van der Waals surface area (Å²) < 4.78 is 0. The number of hydrogen-bond acceptors (Lipinski definition) is 1. The van der Waals surface area contributed by atoms with Crippen LogP contribution in [0.5, 0.6) is 0 Å². The van der Waals surface area contributed by atoms with E-state index >= 15 is 0 Å². The van der Waals surface area contributed by atoms with Crippen molar-refractivity contribution in [1.29, 1.82) is 0 Å². The van der Waals surface area contributed by atoms with Crippen LogP contribution in [0.1, 0.15) is 11.4 Å². The molecule has 3 nitrogen and oxygen atoms in total. The molecular weight excluding hydrogens is 503 g/mol. The van der Waals surface area contributed by atoms with Crippen LogP contribution in [0.25, 0.3) is 10.6 Å². The topological polar surface area (TPSA) is 41.1 Å². The molecule has 0 spiro atoms. The Labute approximate surface area is 188 Å². The Balaban J connectivity index is 0.000000817. The van der Waals surface area contributed by atoms with Gasteiger partial charge >= 0.3 is 37.9 Å². The number of para-hydroxylation sites is 2. The van der Waals surface area contributed by atoms with Crippen molar-refractivity contribution in [3.63, 3.8) is 0 Å². The van der Waals surface area contributed by atoms with E-state index in [0.29, 0.717) is 23.1 Å². The van der Waals surface area contributed by atoms with Gasteiger partial charge in [0, 0.05) is 21.4 Å². The van der Waals surface area contributed by atoms with E-state index in [1.165, 1.54) is 0 Å². The summed E-state index contributed by atoms with van der Waals surface area (Å²) >= 11 is 11.4. The van der Waals surface area contributed by atoms with Crippen molar-refractivity contribution in [2.45, 2.75) is 13.1 Å². The number of rotatable bonds is 6. The van der Waals surface area contributed by atoms with Gasteiger partial charge in [-0.2, -0.15) is 0 Å². The molecule has 0 fully saturated rings. The molecule has 0 bridgehead atoms. The van der Waals surface area contributed by atoms with E-state index in [0.717, 1.165) is 22.8 Å². The van der Waals surface area contributed by atoms with Crippen LogP contribution >= 0.6 is 40.2 Å². The van der Waals surface area contributed by atoms with E-state index in [1.54, 1.807) is 0 Å². The van der Waals surface area contributed by atoms with Gasteiger partial charge in [0.05, 0.1) is 0 Å². The average Bonchev–Trinajstić information content (AvgIpc) is 2.68. The third-order valence-corrected chi connectivity index (χ3v) is 4.03. The Morgan fingerprint density at radius 2 is 1.07 bits per heavy atom. The molecule has 27 heavy (non-hydrogen) atoms. The number of pyridine rings is 1. The zero-order valence-corrected chi connectivity index (χ0v) is 19.6. The number of hydrogen-bond donors (Lipinski definition) is 0. The van der Waals surface area contributed by atoms with Gasteiger partial charge in [-0.3, -0.25) is 4.98 Å². The van der Waals surface area contributed by atoms with Crippen LogP contribution < -0.4 is 0 Å². The average molecular weight is 518 g/mol. The maximum absolute atomic E-state index is 6.11. The van der Waals surface area contributed by atoms with Gasteiger partial charge < -0.3 is 10.6 Å². The van der Waals surface area contributed by atoms with Gasteiger partial charge in [0.15, 0.2) is 0 Å². The van der Waals surface area contributed by atoms with Gasteiger partial charge in [-0.25, -0.2) is 0 Å². The maximum atomic E-state index is 6.11. The van der Waals surface area contributed by atoms with Crippen molar-refractivity contribution in [3.8, 4) is 0 Å². The van der Waals surface area contributed by atoms with Crippen LogP contribution in [-0.2, 0) is 33.9 Å². The molecule has 1 aromatic heterocycles. The summed E-state index contributed by atoms with van der Waals surface area (Å²) in [5, 5.41) is 10.3. The van der Waals surface area contributed by atoms with E-state index in [1.807, 2.05) is 66.7 Å². The zero-order chi connectivity index (χ0) is 19.5. The zero-order valence-electron chi connectivity index (χ0n) is 14.1. The predicted molar refractivity (Wildman–Crippen MR) is 112 cm³/mol. The Kier molecular flexibility index (Phi) is 10.5. The number of benzene rings is 2. The summed E-state index contributed by atoms with van der Waals surface area (Å²) in [6.07, 6.45) is 0. The standard InChI is InChI=1S/C19H15Cl2N3.2ClH.Zr/c20-16-8-1-3-10-18(16)22-12-14-6-5-7-15(24-14)13-23-19-11-4-2-9-17(19)21;;;/h1-11H,12-13H2;2*1H;/q-2;;;+4/p-2. The van der Waals surface area contributed by atoms with Crippen LogP contribution in [0.3, 0.4) is 0 Å². The van der Waals surface area contributed by atoms with Gasteiger partial charge in [0.1, 0.15) is 0 Å². The van der Waals surface area contributed by atoms with E-state index in [-0.39, 0.29) is 0 Å². The van der Waals surface area contributed by atoms with Crippen LogP contribution in [0.15, 0.2) is 66.7 Å². The molecule has 0 aliphatic rings. The molecule has 0 radical (unpaired) electrons. The van der Waals surface area contributed by atoms with Crippen molar-refractivity contribution in [3.05, 3.63) is 98.8 Å². The summed E-state index contributed by atoms with van der Waals surface area (Å²) in [4.78, 5) is 4.59. The molecular formula is C19H15Cl4N3Zr. The summed E-state index contributed by atoms with van der Waals surface area (Å²) in [5.74, 6) is 0. The van der Waals surface area contributed by atoms with Crippen LogP contribution in [0, 0.1) is 0 Å². The summed E-state index contributed by atoms with van der Waals surface area (Å²) in [7, 11) is 9.87. The molecule has 0 amide bonds. The first-order valence-corrected chi connectivity index (χ1v) is 15.0. The van der Waals surface area contributed by atoms with Crippen LogP contribution in [0.2, 0.25) is 10.0 Å². The fourth-order valence-corrected chi connectivity index (χ4v) is 2.59. The molecule has 0 unspecified atom stereocenters. The Hall–Kier alpha value is -0.767. The summed E-state index contributed by atoms with van der Waals surface area (Å²) in [5.41, 5.74) is 3.29. The third-order valence-electron chi connectivity index (χ3n) is 3.39. The summed E-state index contributed by atoms with van der Waals surface area (Å²) in [6, 6.07) is 20.9. The SMILES string of the molecule is Clc1ccccc1[N-]Cc1cccc(C[N-]c2ccccc2Cl)n1.[Cl][Zr+2][Cl]. The Bertz CT molecular complexity index is 784. The molecule has 0 aliphatic heterocycles. The first-order chi connectivity index (χ1) is 13.1. The first kappa shape index (κ1) is 22.5. The molecule has 138 valence electrons. The fourth-order valence-electron chi connectivity index (χ4n) is 2.20. The van der Waals surface area contributed by atoms with Crippen molar-refractivity contribution in [1.82, 2.24) is 4.98 Å². The molecule has 0 atom stereocenters. The molecule has 0 saturated heterocycles. The minimum absolute atomic E-state index is 0.476. The van der Waals surface area contributed by atoms with Crippen LogP contribution in [0.4, 0.5) is 11.4 Å². The first-order valence-electron chi connectivity index (χ1n) is 7.89. The second-order valence-corrected chi connectivity index (χ2v) is 9.77. The van der Waals surface area contributed by atoms with Crippen LogP contribution in [-0.4, -0.2) is 4.98 Å². The molecule has 1 heterocycles. The van der Waals surface area contributed by atoms with Crippen molar-refractivity contribution < 1.29 is 20.8 Å². The third kappa shape index (κ3) is 8.01. The molecule has 3 aromatic rings. The normalized spacial score (nSPS) is 9.63. The predicted octanol–water partition coefficient (Wildman–Crippen LogP) is 8.18. The second kappa shape index (κ2) is 12.6. The number of halogens is 4.